The van der Waals surface area contributed by atoms with E-state index in [4.69, 9.17) is 0 Å². The molecule has 7 nitrogen and oxygen atoms in total. The summed E-state index contributed by atoms with van der Waals surface area (Å²) in [5, 5.41) is 2.97. The Labute approximate surface area is 195 Å². The maximum absolute atomic E-state index is 13.0. The Kier molecular flexibility index (Phi) is 7.20. The molecule has 1 unspecified atom stereocenters. The van der Waals surface area contributed by atoms with Crippen LogP contribution in [-0.2, 0) is 11.3 Å². The molecule has 1 N–H and O–H groups in total. The summed E-state index contributed by atoms with van der Waals surface area (Å²) in [7, 11) is 0. The second-order valence-electron chi connectivity index (χ2n) is 9.11. The molecule has 0 saturated carbocycles. The standard InChI is InChI=1S/C26H32N4O3/c1-19(2)23(30-25(32)21-10-6-7-11-22(21)26(30)33)24(31)27-12-13-28-14-16-29(17-15-28)18-20-8-4-3-5-9-20/h3-11,19,23H,12-18H2,1-2H3,(H,27,31). The Morgan fingerprint density at radius 2 is 1.39 bits per heavy atom. The van der Waals surface area contributed by atoms with Gasteiger partial charge in [0, 0.05) is 45.8 Å². The predicted molar refractivity (Wildman–Crippen MR) is 127 cm³/mol. The third kappa shape index (κ3) is 5.15. The van der Waals surface area contributed by atoms with Crippen molar-refractivity contribution in [3.05, 3.63) is 71.3 Å². The fraction of sp³-hybridized carbons (Fsp3) is 0.423. The van der Waals surface area contributed by atoms with E-state index in [1.54, 1.807) is 24.3 Å². The Bertz CT molecular complexity index is 965. The fourth-order valence-electron chi connectivity index (χ4n) is 4.63. The highest BCUT2D eigenvalue weighted by Crippen LogP contribution is 2.27. The zero-order valence-electron chi connectivity index (χ0n) is 19.4. The predicted octanol–water partition coefficient (Wildman–Crippen LogP) is 2.24. The SMILES string of the molecule is CC(C)C(C(=O)NCCN1CCN(Cc2ccccc2)CC1)N1C(=O)c2ccccc2C1=O. The molecule has 2 aromatic rings. The van der Waals surface area contributed by atoms with Crippen LogP contribution in [0.15, 0.2) is 54.6 Å². The molecule has 0 spiro atoms. The van der Waals surface area contributed by atoms with Crippen molar-refractivity contribution in [3.63, 3.8) is 0 Å². The number of benzene rings is 2. The van der Waals surface area contributed by atoms with Crippen LogP contribution < -0.4 is 5.32 Å². The number of imide groups is 1. The first-order valence-corrected chi connectivity index (χ1v) is 11.7. The maximum atomic E-state index is 13.0. The lowest BCUT2D eigenvalue weighted by atomic mass is 10.0. The van der Waals surface area contributed by atoms with E-state index in [1.807, 2.05) is 19.9 Å². The van der Waals surface area contributed by atoms with Crippen molar-refractivity contribution in [3.8, 4) is 0 Å². The smallest absolute Gasteiger partial charge is 0.262 e. The molecule has 1 atom stereocenters. The van der Waals surface area contributed by atoms with E-state index in [0.29, 0.717) is 17.7 Å². The lowest BCUT2D eigenvalue weighted by Crippen LogP contribution is -2.53. The second kappa shape index (κ2) is 10.3. The van der Waals surface area contributed by atoms with Gasteiger partial charge in [-0.1, -0.05) is 56.3 Å². The average Bonchev–Trinajstić information content (AvgIpc) is 3.06. The van der Waals surface area contributed by atoms with Gasteiger partial charge in [0.15, 0.2) is 0 Å². The molecule has 2 heterocycles. The minimum Gasteiger partial charge on any atom is -0.353 e. The Balaban J connectivity index is 1.27. The van der Waals surface area contributed by atoms with Crippen LogP contribution in [0.3, 0.4) is 0 Å². The van der Waals surface area contributed by atoms with Gasteiger partial charge >= 0.3 is 0 Å². The molecule has 0 radical (unpaired) electrons. The minimum atomic E-state index is -0.819. The molecule has 2 aromatic carbocycles. The van der Waals surface area contributed by atoms with Crippen LogP contribution in [0.4, 0.5) is 0 Å². The molecule has 7 heteroatoms. The molecule has 1 saturated heterocycles. The number of hydrogen-bond acceptors (Lipinski definition) is 5. The van der Waals surface area contributed by atoms with E-state index >= 15 is 0 Å². The zero-order chi connectivity index (χ0) is 23.4. The van der Waals surface area contributed by atoms with E-state index in [1.165, 1.54) is 5.56 Å². The minimum absolute atomic E-state index is 0.186. The van der Waals surface area contributed by atoms with Crippen LogP contribution in [0.5, 0.6) is 0 Å². The molecule has 0 aliphatic carbocycles. The lowest BCUT2D eigenvalue weighted by Gasteiger charge is -2.35. The summed E-state index contributed by atoms with van der Waals surface area (Å²) >= 11 is 0. The van der Waals surface area contributed by atoms with Crippen LogP contribution in [0.1, 0.15) is 40.1 Å². The van der Waals surface area contributed by atoms with Gasteiger partial charge < -0.3 is 5.32 Å². The van der Waals surface area contributed by atoms with Crippen molar-refractivity contribution in [2.24, 2.45) is 5.92 Å². The molecule has 33 heavy (non-hydrogen) atoms. The van der Waals surface area contributed by atoms with Crippen LogP contribution >= 0.6 is 0 Å². The van der Waals surface area contributed by atoms with Crippen molar-refractivity contribution in [1.29, 1.82) is 0 Å². The summed E-state index contributed by atoms with van der Waals surface area (Å²) in [4.78, 5) is 44.7. The largest absolute Gasteiger partial charge is 0.353 e. The number of amides is 3. The van der Waals surface area contributed by atoms with E-state index in [2.05, 4.69) is 39.4 Å². The molecule has 2 aliphatic heterocycles. The van der Waals surface area contributed by atoms with Crippen LogP contribution in [0.25, 0.3) is 0 Å². The number of piperazine rings is 1. The zero-order valence-corrected chi connectivity index (χ0v) is 19.4. The number of nitrogens with zero attached hydrogens (tertiary/aromatic N) is 3. The molecule has 174 valence electrons. The van der Waals surface area contributed by atoms with Crippen LogP contribution in [-0.4, -0.2) is 77.7 Å². The van der Waals surface area contributed by atoms with E-state index < -0.39 is 6.04 Å². The molecule has 3 amide bonds. The number of rotatable bonds is 8. The number of hydrogen-bond donors (Lipinski definition) is 1. The van der Waals surface area contributed by atoms with Gasteiger partial charge in [-0.25, -0.2) is 0 Å². The molecule has 0 bridgehead atoms. The number of fused-ring (bicyclic) bond motifs is 1. The highest BCUT2D eigenvalue weighted by Gasteiger charge is 2.43. The van der Waals surface area contributed by atoms with Gasteiger partial charge in [-0.15, -0.1) is 0 Å². The highest BCUT2D eigenvalue weighted by atomic mass is 16.2. The Hall–Kier alpha value is -3.03. The molecule has 0 aromatic heterocycles. The fourth-order valence-corrected chi connectivity index (χ4v) is 4.63. The molecular formula is C26H32N4O3. The second-order valence-corrected chi connectivity index (χ2v) is 9.11. The van der Waals surface area contributed by atoms with Gasteiger partial charge in [0.2, 0.25) is 5.91 Å². The Morgan fingerprint density at radius 1 is 0.848 bits per heavy atom. The van der Waals surface area contributed by atoms with E-state index in [0.717, 1.165) is 44.2 Å². The van der Waals surface area contributed by atoms with Crippen LogP contribution in [0.2, 0.25) is 0 Å². The van der Waals surface area contributed by atoms with Crippen molar-refractivity contribution in [2.45, 2.75) is 26.4 Å². The van der Waals surface area contributed by atoms with Crippen molar-refractivity contribution < 1.29 is 14.4 Å². The van der Waals surface area contributed by atoms with Crippen molar-refractivity contribution in [1.82, 2.24) is 20.0 Å². The van der Waals surface area contributed by atoms with Gasteiger partial charge in [0.25, 0.3) is 11.8 Å². The summed E-state index contributed by atoms with van der Waals surface area (Å²) in [6.07, 6.45) is 0. The van der Waals surface area contributed by atoms with Gasteiger partial charge in [-0.2, -0.15) is 0 Å². The monoisotopic (exact) mass is 448 g/mol. The van der Waals surface area contributed by atoms with Gasteiger partial charge in [0.1, 0.15) is 6.04 Å². The highest BCUT2D eigenvalue weighted by molar-refractivity contribution is 6.22. The Morgan fingerprint density at radius 3 is 1.97 bits per heavy atom. The van der Waals surface area contributed by atoms with Crippen LogP contribution in [0, 0.1) is 5.92 Å². The van der Waals surface area contributed by atoms with Gasteiger partial charge in [-0.3, -0.25) is 29.1 Å². The first kappa shape index (κ1) is 23.1. The normalized spacial score (nSPS) is 18.0. The number of carbonyl (C=O) groups is 3. The average molecular weight is 449 g/mol. The third-order valence-electron chi connectivity index (χ3n) is 6.44. The maximum Gasteiger partial charge on any atom is 0.262 e. The molecule has 2 aliphatic rings. The van der Waals surface area contributed by atoms with Gasteiger partial charge in [0.05, 0.1) is 11.1 Å². The summed E-state index contributed by atoms with van der Waals surface area (Å²) in [5.41, 5.74) is 2.06. The number of carbonyl (C=O) groups excluding carboxylic acids is 3. The molecular weight excluding hydrogens is 416 g/mol. The van der Waals surface area contributed by atoms with Gasteiger partial charge in [-0.05, 0) is 23.6 Å². The molecule has 1 fully saturated rings. The summed E-state index contributed by atoms with van der Waals surface area (Å²) in [5.74, 6) is -1.24. The summed E-state index contributed by atoms with van der Waals surface area (Å²) in [6.45, 7) is 9.81. The summed E-state index contributed by atoms with van der Waals surface area (Å²) in [6, 6.07) is 16.4. The summed E-state index contributed by atoms with van der Waals surface area (Å²) < 4.78 is 0. The van der Waals surface area contributed by atoms with Crippen molar-refractivity contribution >= 4 is 17.7 Å². The van der Waals surface area contributed by atoms with Crippen molar-refractivity contribution in [2.75, 3.05) is 39.3 Å². The first-order valence-electron chi connectivity index (χ1n) is 11.7. The number of nitrogens with one attached hydrogen (secondary N) is 1. The van der Waals surface area contributed by atoms with E-state index in [-0.39, 0.29) is 23.6 Å². The lowest BCUT2D eigenvalue weighted by molar-refractivity contribution is -0.126. The third-order valence-corrected chi connectivity index (χ3v) is 6.44. The topological polar surface area (TPSA) is 73.0 Å². The first-order chi connectivity index (χ1) is 16.0. The quantitative estimate of drug-likeness (QED) is 0.627. The van der Waals surface area contributed by atoms with E-state index in [9.17, 15) is 14.4 Å². The molecule has 4 rings (SSSR count).